The number of hydrogen-bond acceptors (Lipinski definition) is 2. The van der Waals surface area contributed by atoms with Crippen LogP contribution >= 0.6 is 27.7 Å². The molecule has 1 heterocycles. The molecule has 2 rings (SSSR count). The zero-order chi connectivity index (χ0) is 12.3. The second-order valence-corrected chi connectivity index (χ2v) is 6.05. The van der Waals surface area contributed by atoms with Gasteiger partial charge in [-0.05, 0) is 37.1 Å². The third kappa shape index (κ3) is 3.39. The van der Waals surface area contributed by atoms with Crippen LogP contribution in [-0.4, -0.2) is 34.4 Å². The Morgan fingerprint density at radius 1 is 1.47 bits per heavy atom. The Morgan fingerprint density at radius 3 is 2.82 bits per heavy atom. The van der Waals surface area contributed by atoms with Crippen molar-refractivity contribution in [3.05, 3.63) is 28.7 Å². The third-order valence-corrected chi connectivity index (χ3v) is 4.56. The van der Waals surface area contributed by atoms with Crippen LogP contribution in [0.3, 0.4) is 0 Å². The minimum atomic E-state index is -0.788. The number of carbonyl (C=O) groups is 1. The maximum atomic E-state index is 11.0. The third-order valence-electron chi connectivity index (χ3n) is 2.88. The molecule has 1 amide bonds. The highest BCUT2D eigenvalue weighted by Crippen LogP contribution is 2.26. The molecular formula is C12H14BrNO2S. The van der Waals surface area contributed by atoms with Gasteiger partial charge in [-0.25, -0.2) is 4.79 Å². The summed E-state index contributed by atoms with van der Waals surface area (Å²) in [7, 11) is 0. The largest absolute Gasteiger partial charge is 0.465 e. The summed E-state index contributed by atoms with van der Waals surface area (Å²) < 4.78 is 1.06. The van der Waals surface area contributed by atoms with E-state index in [0.717, 1.165) is 23.1 Å². The van der Waals surface area contributed by atoms with Crippen LogP contribution in [-0.2, 0) is 0 Å². The molecule has 3 nitrogen and oxygen atoms in total. The van der Waals surface area contributed by atoms with E-state index in [2.05, 4.69) is 28.1 Å². The average molecular weight is 316 g/mol. The molecule has 0 bridgehead atoms. The standard InChI is InChI=1S/C12H14BrNO2S/c13-9-3-5-11(6-4-9)17-8-10-2-1-7-14(10)12(15)16/h3-6,10H,1-2,7-8H2,(H,15,16)/t10-/m0/s1. The number of benzene rings is 1. The summed E-state index contributed by atoms with van der Waals surface area (Å²) in [5.74, 6) is 0.841. The van der Waals surface area contributed by atoms with Crippen LogP contribution in [0.5, 0.6) is 0 Å². The van der Waals surface area contributed by atoms with Gasteiger partial charge in [0.05, 0.1) is 0 Å². The quantitative estimate of drug-likeness (QED) is 0.865. The fraction of sp³-hybridized carbons (Fsp3) is 0.417. The van der Waals surface area contributed by atoms with Crippen LogP contribution < -0.4 is 0 Å². The Kier molecular flexibility index (Phi) is 4.34. The molecular weight excluding hydrogens is 302 g/mol. The van der Waals surface area contributed by atoms with E-state index in [-0.39, 0.29) is 6.04 Å². The fourth-order valence-electron chi connectivity index (χ4n) is 1.98. The number of thioether (sulfide) groups is 1. The number of amides is 1. The first-order valence-electron chi connectivity index (χ1n) is 5.55. The van der Waals surface area contributed by atoms with Gasteiger partial charge in [0.15, 0.2) is 0 Å². The number of halogens is 1. The van der Waals surface area contributed by atoms with Gasteiger partial charge in [-0.3, -0.25) is 0 Å². The molecule has 17 heavy (non-hydrogen) atoms. The van der Waals surface area contributed by atoms with Gasteiger partial charge >= 0.3 is 6.09 Å². The highest BCUT2D eigenvalue weighted by atomic mass is 79.9. The molecule has 1 fully saturated rings. The van der Waals surface area contributed by atoms with Crippen molar-refractivity contribution < 1.29 is 9.90 Å². The smallest absolute Gasteiger partial charge is 0.407 e. The predicted molar refractivity (Wildman–Crippen MR) is 72.6 cm³/mol. The Hall–Kier alpha value is -0.680. The summed E-state index contributed by atoms with van der Waals surface area (Å²) in [6.07, 6.45) is 1.18. The Labute approximate surface area is 113 Å². The summed E-state index contributed by atoms with van der Waals surface area (Å²) >= 11 is 5.12. The number of hydrogen-bond donors (Lipinski definition) is 1. The summed E-state index contributed by atoms with van der Waals surface area (Å²) in [6, 6.07) is 8.28. The van der Waals surface area contributed by atoms with Crippen LogP contribution in [0.4, 0.5) is 4.79 Å². The van der Waals surface area contributed by atoms with E-state index in [1.165, 1.54) is 4.90 Å². The van der Waals surface area contributed by atoms with Gasteiger partial charge in [-0.1, -0.05) is 15.9 Å². The minimum absolute atomic E-state index is 0.168. The molecule has 92 valence electrons. The Bertz CT molecular complexity index is 396. The van der Waals surface area contributed by atoms with E-state index in [9.17, 15) is 4.79 Å². The van der Waals surface area contributed by atoms with E-state index in [1.54, 1.807) is 16.7 Å². The first-order valence-corrected chi connectivity index (χ1v) is 7.32. The van der Waals surface area contributed by atoms with E-state index in [4.69, 9.17) is 5.11 Å². The molecule has 1 N–H and O–H groups in total. The summed E-state index contributed by atoms with van der Waals surface area (Å²) in [5.41, 5.74) is 0. The van der Waals surface area contributed by atoms with Gasteiger partial charge in [0.1, 0.15) is 0 Å². The average Bonchev–Trinajstić information content (AvgIpc) is 2.76. The molecule has 1 atom stereocenters. The van der Waals surface area contributed by atoms with Crippen molar-refractivity contribution >= 4 is 33.8 Å². The maximum absolute atomic E-state index is 11.0. The van der Waals surface area contributed by atoms with Gasteiger partial charge in [0, 0.05) is 27.7 Å². The van der Waals surface area contributed by atoms with Crippen molar-refractivity contribution in [3.63, 3.8) is 0 Å². The molecule has 1 saturated heterocycles. The van der Waals surface area contributed by atoms with Crippen molar-refractivity contribution in [3.8, 4) is 0 Å². The molecule has 0 saturated carbocycles. The number of rotatable bonds is 3. The van der Waals surface area contributed by atoms with E-state index in [0.29, 0.717) is 6.54 Å². The lowest BCUT2D eigenvalue weighted by Crippen LogP contribution is -2.35. The molecule has 5 heteroatoms. The van der Waals surface area contributed by atoms with Crippen LogP contribution in [0.15, 0.2) is 33.6 Å². The molecule has 1 aliphatic heterocycles. The number of carboxylic acid groups (broad SMARTS) is 1. The Balaban J connectivity index is 1.89. The monoisotopic (exact) mass is 315 g/mol. The van der Waals surface area contributed by atoms with Gasteiger partial charge in [-0.15, -0.1) is 11.8 Å². The first-order chi connectivity index (χ1) is 8.16. The van der Waals surface area contributed by atoms with E-state index in [1.807, 2.05) is 12.1 Å². The van der Waals surface area contributed by atoms with Crippen molar-refractivity contribution in [1.29, 1.82) is 0 Å². The SMILES string of the molecule is O=C(O)N1CCC[C@H]1CSc1ccc(Br)cc1. The maximum Gasteiger partial charge on any atom is 0.407 e. The van der Waals surface area contributed by atoms with Crippen LogP contribution in [0, 0.1) is 0 Å². The predicted octanol–water partition coefficient (Wildman–Crippen LogP) is 3.68. The second-order valence-electron chi connectivity index (χ2n) is 4.04. The molecule has 0 spiro atoms. The highest BCUT2D eigenvalue weighted by molar-refractivity contribution is 9.10. The zero-order valence-corrected chi connectivity index (χ0v) is 11.7. The summed E-state index contributed by atoms with van der Waals surface area (Å²) in [5, 5.41) is 9.03. The molecule has 0 aliphatic carbocycles. The van der Waals surface area contributed by atoms with Gasteiger partial charge in [0.25, 0.3) is 0 Å². The molecule has 1 aliphatic rings. The van der Waals surface area contributed by atoms with Crippen molar-refractivity contribution in [2.45, 2.75) is 23.8 Å². The highest BCUT2D eigenvalue weighted by Gasteiger charge is 2.28. The topological polar surface area (TPSA) is 40.5 Å². The fourth-order valence-corrected chi connectivity index (χ4v) is 3.31. The normalized spacial score (nSPS) is 19.6. The van der Waals surface area contributed by atoms with Crippen molar-refractivity contribution in [2.24, 2.45) is 0 Å². The molecule has 0 radical (unpaired) electrons. The molecule has 1 aromatic carbocycles. The van der Waals surface area contributed by atoms with E-state index >= 15 is 0 Å². The lowest BCUT2D eigenvalue weighted by atomic mass is 10.2. The Morgan fingerprint density at radius 2 is 2.18 bits per heavy atom. The number of nitrogens with zero attached hydrogens (tertiary/aromatic N) is 1. The number of likely N-dealkylation sites (tertiary alicyclic amines) is 1. The van der Waals surface area contributed by atoms with Gasteiger partial charge in [0.2, 0.25) is 0 Å². The molecule has 0 unspecified atom stereocenters. The second kappa shape index (κ2) is 5.78. The van der Waals surface area contributed by atoms with Crippen LogP contribution in [0.25, 0.3) is 0 Å². The van der Waals surface area contributed by atoms with Crippen LogP contribution in [0.1, 0.15) is 12.8 Å². The van der Waals surface area contributed by atoms with E-state index < -0.39 is 6.09 Å². The van der Waals surface area contributed by atoms with Crippen molar-refractivity contribution in [1.82, 2.24) is 4.90 Å². The van der Waals surface area contributed by atoms with Crippen molar-refractivity contribution in [2.75, 3.05) is 12.3 Å². The zero-order valence-electron chi connectivity index (χ0n) is 9.30. The minimum Gasteiger partial charge on any atom is -0.465 e. The van der Waals surface area contributed by atoms with Gasteiger partial charge in [-0.2, -0.15) is 0 Å². The molecule has 1 aromatic rings. The lowest BCUT2D eigenvalue weighted by Gasteiger charge is -2.20. The lowest BCUT2D eigenvalue weighted by molar-refractivity contribution is 0.144. The van der Waals surface area contributed by atoms with Gasteiger partial charge < -0.3 is 10.0 Å². The first kappa shape index (κ1) is 12.8. The van der Waals surface area contributed by atoms with Crippen LogP contribution in [0.2, 0.25) is 0 Å². The summed E-state index contributed by atoms with van der Waals surface area (Å²) in [6.45, 7) is 0.681. The summed E-state index contributed by atoms with van der Waals surface area (Å²) in [4.78, 5) is 13.7. The molecule has 0 aromatic heterocycles.